The minimum Gasteiger partial charge on any atom is -0.507 e. The van der Waals surface area contributed by atoms with Crippen LogP contribution in [0.5, 0.6) is 5.75 Å². The van der Waals surface area contributed by atoms with Crippen LogP contribution in [-0.4, -0.2) is 24.1 Å². The fourth-order valence-corrected chi connectivity index (χ4v) is 2.82. The van der Waals surface area contributed by atoms with Gasteiger partial charge in [0.05, 0.1) is 0 Å². The van der Waals surface area contributed by atoms with E-state index in [1.807, 2.05) is 18.2 Å². The number of phenolic OH excluding ortho intramolecular Hbond substituents is 1. The minimum absolute atomic E-state index is 0.327. The molecule has 3 rings (SSSR count). The zero-order valence-electron chi connectivity index (χ0n) is 13.2. The molecule has 2 nitrogen and oxygen atoms in total. The molecule has 1 atom stereocenters. The average Bonchev–Trinajstić information content (AvgIpc) is 2.54. The number of phenols is 1. The summed E-state index contributed by atoms with van der Waals surface area (Å²) < 4.78 is 0. The molecule has 0 spiro atoms. The summed E-state index contributed by atoms with van der Waals surface area (Å²) in [6.07, 6.45) is 0. The van der Waals surface area contributed by atoms with E-state index in [1.165, 1.54) is 5.56 Å². The van der Waals surface area contributed by atoms with E-state index >= 15 is 0 Å². The van der Waals surface area contributed by atoms with Crippen molar-refractivity contribution in [3.8, 4) is 16.9 Å². The largest absolute Gasteiger partial charge is 0.507 e. The Bertz CT molecular complexity index is 808. The molecule has 3 aromatic carbocycles. The van der Waals surface area contributed by atoms with Crippen LogP contribution in [0.1, 0.15) is 18.5 Å². The third-order valence-electron chi connectivity index (χ3n) is 4.34. The van der Waals surface area contributed by atoms with Crippen LogP contribution >= 0.6 is 0 Å². The summed E-state index contributed by atoms with van der Waals surface area (Å²) in [5.41, 5.74) is 3.21. The summed E-state index contributed by atoms with van der Waals surface area (Å²) >= 11 is 0. The summed E-state index contributed by atoms with van der Waals surface area (Å²) in [7, 11) is 4.15. The molecule has 0 bridgehead atoms. The molecule has 0 fully saturated rings. The predicted octanol–water partition coefficient (Wildman–Crippen LogP) is 4.84. The third kappa shape index (κ3) is 2.58. The van der Waals surface area contributed by atoms with Gasteiger partial charge >= 0.3 is 0 Å². The number of rotatable bonds is 3. The topological polar surface area (TPSA) is 23.5 Å². The van der Waals surface area contributed by atoms with Gasteiger partial charge in [-0.05, 0) is 55.1 Å². The molecule has 2 heteroatoms. The van der Waals surface area contributed by atoms with Gasteiger partial charge < -0.3 is 10.0 Å². The van der Waals surface area contributed by atoms with Gasteiger partial charge in [0.2, 0.25) is 0 Å². The molecular weight excluding hydrogens is 270 g/mol. The average molecular weight is 291 g/mol. The Morgan fingerprint density at radius 2 is 1.68 bits per heavy atom. The highest BCUT2D eigenvalue weighted by atomic mass is 16.3. The highest BCUT2D eigenvalue weighted by Crippen LogP contribution is 2.37. The molecule has 0 aliphatic heterocycles. The van der Waals surface area contributed by atoms with Crippen LogP contribution in [0.2, 0.25) is 0 Å². The summed E-state index contributed by atoms with van der Waals surface area (Å²) in [5.74, 6) is 0.327. The SMILES string of the molecule is C[C@H](c1cccc(-c2c(O)ccc3ccccc23)c1)N(C)C. The van der Waals surface area contributed by atoms with Crippen molar-refractivity contribution in [2.24, 2.45) is 0 Å². The summed E-state index contributed by atoms with van der Waals surface area (Å²) in [6, 6.07) is 20.7. The zero-order valence-corrected chi connectivity index (χ0v) is 13.2. The van der Waals surface area contributed by atoms with Gasteiger partial charge in [0, 0.05) is 11.6 Å². The van der Waals surface area contributed by atoms with Crippen molar-refractivity contribution in [2.45, 2.75) is 13.0 Å². The monoisotopic (exact) mass is 291 g/mol. The van der Waals surface area contributed by atoms with Gasteiger partial charge in [-0.25, -0.2) is 0 Å². The molecule has 1 N–H and O–H groups in total. The maximum absolute atomic E-state index is 10.4. The van der Waals surface area contributed by atoms with Crippen LogP contribution < -0.4 is 0 Å². The van der Waals surface area contributed by atoms with Crippen LogP contribution in [0.3, 0.4) is 0 Å². The standard InChI is InChI=1S/C20H21NO/c1-14(21(2)3)16-8-6-9-17(13-16)20-18-10-5-4-7-15(18)11-12-19(20)22/h4-14,22H,1-3H3/t14-/m1/s1. The Morgan fingerprint density at radius 1 is 0.909 bits per heavy atom. The molecule has 0 aromatic heterocycles. The van der Waals surface area contributed by atoms with E-state index in [-0.39, 0.29) is 0 Å². The lowest BCUT2D eigenvalue weighted by Gasteiger charge is -2.21. The Hall–Kier alpha value is -2.32. The molecule has 22 heavy (non-hydrogen) atoms. The number of nitrogens with zero attached hydrogens (tertiary/aromatic N) is 1. The minimum atomic E-state index is 0.327. The van der Waals surface area contributed by atoms with Crippen LogP contribution in [0.4, 0.5) is 0 Å². The smallest absolute Gasteiger partial charge is 0.124 e. The van der Waals surface area contributed by atoms with E-state index in [0.717, 1.165) is 21.9 Å². The molecule has 0 unspecified atom stereocenters. The summed E-state index contributed by atoms with van der Waals surface area (Å²) in [5, 5.41) is 12.6. The molecule has 0 amide bonds. The van der Waals surface area contributed by atoms with Crippen LogP contribution in [0.15, 0.2) is 60.7 Å². The number of benzene rings is 3. The van der Waals surface area contributed by atoms with Crippen molar-refractivity contribution >= 4 is 10.8 Å². The van der Waals surface area contributed by atoms with Crippen LogP contribution in [0.25, 0.3) is 21.9 Å². The van der Waals surface area contributed by atoms with Crippen molar-refractivity contribution in [1.82, 2.24) is 4.90 Å². The molecule has 112 valence electrons. The van der Waals surface area contributed by atoms with Gasteiger partial charge in [-0.15, -0.1) is 0 Å². The van der Waals surface area contributed by atoms with Gasteiger partial charge in [0.15, 0.2) is 0 Å². The van der Waals surface area contributed by atoms with Gasteiger partial charge in [0.25, 0.3) is 0 Å². The van der Waals surface area contributed by atoms with E-state index in [9.17, 15) is 5.11 Å². The molecule has 0 saturated carbocycles. The number of hydrogen-bond acceptors (Lipinski definition) is 2. The molecule has 0 aliphatic carbocycles. The highest BCUT2D eigenvalue weighted by molar-refractivity contribution is 5.99. The maximum Gasteiger partial charge on any atom is 0.124 e. The van der Waals surface area contributed by atoms with Crippen molar-refractivity contribution in [2.75, 3.05) is 14.1 Å². The van der Waals surface area contributed by atoms with Gasteiger partial charge in [-0.2, -0.15) is 0 Å². The number of aromatic hydroxyl groups is 1. The fourth-order valence-electron chi connectivity index (χ4n) is 2.82. The van der Waals surface area contributed by atoms with E-state index in [1.54, 1.807) is 6.07 Å². The molecular formula is C20H21NO. The van der Waals surface area contributed by atoms with E-state index < -0.39 is 0 Å². The second kappa shape index (κ2) is 5.82. The normalized spacial score (nSPS) is 12.7. The third-order valence-corrected chi connectivity index (χ3v) is 4.34. The second-order valence-corrected chi connectivity index (χ2v) is 5.95. The van der Waals surface area contributed by atoms with Crippen molar-refractivity contribution in [3.63, 3.8) is 0 Å². The van der Waals surface area contributed by atoms with Crippen LogP contribution in [0, 0.1) is 0 Å². The highest BCUT2D eigenvalue weighted by Gasteiger charge is 2.12. The Kier molecular flexibility index (Phi) is 3.86. The van der Waals surface area contributed by atoms with Crippen molar-refractivity contribution < 1.29 is 5.11 Å². The van der Waals surface area contributed by atoms with Crippen LogP contribution in [-0.2, 0) is 0 Å². The number of fused-ring (bicyclic) bond motifs is 1. The first kappa shape index (κ1) is 14.6. The van der Waals surface area contributed by atoms with E-state index in [2.05, 4.69) is 62.3 Å². The van der Waals surface area contributed by atoms with E-state index in [0.29, 0.717) is 11.8 Å². The first-order chi connectivity index (χ1) is 10.6. The quantitative estimate of drug-likeness (QED) is 0.746. The summed E-state index contributed by atoms with van der Waals surface area (Å²) in [6.45, 7) is 2.18. The Balaban J connectivity index is 2.20. The summed E-state index contributed by atoms with van der Waals surface area (Å²) in [4.78, 5) is 2.18. The Morgan fingerprint density at radius 3 is 2.45 bits per heavy atom. The molecule has 0 saturated heterocycles. The second-order valence-electron chi connectivity index (χ2n) is 5.95. The molecule has 3 aromatic rings. The van der Waals surface area contributed by atoms with E-state index in [4.69, 9.17) is 0 Å². The van der Waals surface area contributed by atoms with Gasteiger partial charge in [-0.1, -0.05) is 48.5 Å². The maximum atomic E-state index is 10.4. The van der Waals surface area contributed by atoms with Gasteiger partial charge in [-0.3, -0.25) is 0 Å². The lowest BCUT2D eigenvalue weighted by Crippen LogP contribution is -2.16. The number of hydrogen-bond donors (Lipinski definition) is 1. The lowest BCUT2D eigenvalue weighted by atomic mass is 9.94. The first-order valence-electron chi connectivity index (χ1n) is 7.55. The molecule has 0 aliphatic rings. The van der Waals surface area contributed by atoms with Gasteiger partial charge in [0.1, 0.15) is 5.75 Å². The van der Waals surface area contributed by atoms with Crippen molar-refractivity contribution in [3.05, 3.63) is 66.2 Å². The predicted molar refractivity (Wildman–Crippen MR) is 93.2 cm³/mol. The lowest BCUT2D eigenvalue weighted by molar-refractivity contribution is 0.321. The molecule has 0 radical (unpaired) electrons. The fraction of sp³-hybridized carbons (Fsp3) is 0.200. The zero-order chi connectivity index (χ0) is 15.7. The first-order valence-corrected chi connectivity index (χ1v) is 7.55. The van der Waals surface area contributed by atoms with Crippen molar-refractivity contribution in [1.29, 1.82) is 0 Å². The Labute approximate surface area is 131 Å². The molecule has 0 heterocycles.